The van der Waals surface area contributed by atoms with E-state index in [9.17, 15) is 0 Å². The van der Waals surface area contributed by atoms with Crippen LogP contribution < -0.4 is 11.1 Å². The SMILES string of the molecule is NC(=S)c1cc(Br)ccc1NCc1cscn1. The van der Waals surface area contributed by atoms with Crippen LogP contribution in [0.2, 0.25) is 0 Å². The maximum atomic E-state index is 5.69. The molecule has 17 heavy (non-hydrogen) atoms. The summed E-state index contributed by atoms with van der Waals surface area (Å²) in [6, 6.07) is 5.81. The van der Waals surface area contributed by atoms with E-state index in [2.05, 4.69) is 26.2 Å². The van der Waals surface area contributed by atoms with Crippen molar-refractivity contribution >= 4 is 50.2 Å². The summed E-state index contributed by atoms with van der Waals surface area (Å²) in [5, 5.41) is 5.29. The second-order valence-electron chi connectivity index (χ2n) is 3.39. The Bertz CT molecular complexity index is 526. The number of nitrogens with zero attached hydrogens (tertiary/aromatic N) is 1. The van der Waals surface area contributed by atoms with Crippen LogP contribution in [0.25, 0.3) is 0 Å². The van der Waals surface area contributed by atoms with Crippen LogP contribution in [0.4, 0.5) is 5.69 Å². The molecule has 0 radical (unpaired) electrons. The summed E-state index contributed by atoms with van der Waals surface area (Å²) in [7, 11) is 0. The average Bonchev–Trinajstić information content (AvgIpc) is 2.80. The van der Waals surface area contributed by atoms with E-state index in [4.69, 9.17) is 18.0 Å². The van der Waals surface area contributed by atoms with Gasteiger partial charge >= 0.3 is 0 Å². The summed E-state index contributed by atoms with van der Waals surface area (Å²) in [5.74, 6) is 0. The number of thiocarbonyl (C=S) groups is 1. The number of nitrogens with one attached hydrogen (secondary N) is 1. The van der Waals surface area contributed by atoms with Crippen LogP contribution in [-0.4, -0.2) is 9.97 Å². The number of hydrogen-bond donors (Lipinski definition) is 2. The molecule has 2 rings (SSSR count). The third-order valence-corrected chi connectivity index (χ3v) is 3.54. The van der Waals surface area contributed by atoms with Crippen molar-refractivity contribution in [2.75, 3.05) is 5.32 Å². The molecule has 0 amide bonds. The van der Waals surface area contributed by atoms with Crippen molar-refractivity contribution in [3.8, 4) is 0 Å². The first-order valence-corrected chi connectivity index (χ1v) is 7.01. The fourth-order valence-electron chi connectivity index (χ4n) is 1.39. The molecule has 0 aliphatic carbocycles. The van der Waals surface area contributed by atoms with E-state index in [-0.39, 0.29) is 0 Å². The van der Waals surface area contributed by atoms with Gasteiger partial charge in [0.2, 0.25) is 0 Å². The van der Waals surface area contributed by atoms with E-state index in [1.165, 1.54) is 0 Å². The Kier molecular flexibility index (Phi) is 4.09. The van der Waals surface area contributed by atoms with Gasteiger partial charge in [-0.15, -0.1) is 11.3 Å². The maximum absolute atomic E-state index is 5.69. The molecular weight excluding hydrogens is 318 g/mol. The normalized spacial score (nSPS) is 10.2. The van der Waals surface area contributed by atoms with Crippen molar-refractivity contribution in [3.05, 3.63) is 44.8 Å². The molecule has 0 saturated carbocycles. The molecule has 1 aromatic heterocycles. The van der Waals surface area contributed by atoms with Crippen LogP contribution in [0.1, 0.15) is 11.3 Å². The number of aromatic nitrogens is 1. The maximum Gasteiger partial charge on any atom is 0.106 e. The molecule has 1 aromatic carbocycles. The molecule has 6 heteroatoms. The van der Waals surface area contributed by atoms with E-state index in [1.54, 1.807) is 11.3 Å². The summed E-state index contributed by atoms with van der Waals surface area (Å²) in [5.41, 5.74) is 10.3. The van der Waals surface area contributed by atoms with Crippen molar-refractivity contribution in [1.29, 1.82) is 0 Å². The lowest BCUT2D eigenvalue weighted by Gasteiger charge is -2.10. The van der Waals surface area contributed by atoms with Crippen LogP contribution >= 0.6 is 39.5 Å². The molecule has 3 N–H and O–H groups in total. The molecule has 3 nitrogen and oxygen atoms in total. The van der Waals surface area contributed by atoms with Gasteiger partial charge in [0.25, 0.3) is 0 Å². The third-order valence-electron chi connectivity index (χ3n) is 2.19. The van der Waals surface area contributed by atoms with Gasteiger partial charge in [0.15, 0.2) is 0 Å². The molecule has 0 bridgehead atoms. The van der Waals surface area contributed by atoms with Crippen molar-refractivity contribution in [2.45, 2.75) is 6.54 Å². The highest BCUT2D eigenvalue weighted by molar-refractivity contribution is 9.10. The van der Waals surface area contributed by atoms with Crippen LogP contribution in [0.15, 0.2) is 33.6 Å². The lowest BCUT2D eigenvalue weighted by Crippen LogP contribution is -2.13. The Labute approximate surface area is 117 Å². The smallest absolute Gasteiger partial charge is 0.106 e. The van der Waals surface area contributed by atoms with Crippen LogP contribution in [0, 0.1) is 0 Å². The van der Waals surface area contributed by atoms with Crippen LogP contribution in [0.3, 0.4) is 0 Å². The Balaban J connectivity index is 2.17. The predicted octanol–water partition coefficient (Wildman–Crippen LogP) is 3.15. The van der Waals surface area contributed by atoms with Gasteiger partial charge in [-0.25, -0.2) is 4.98 Å². The van der Waals surface area contributed by atoms with E-state index in [0.29, 0.717) is 11.5 Å². The number of anilines is 1. The molecule has 0 aliphatic rings. The number of nitrogens with two attached hydrogens (primary N) is 1. The second kappa shape index (κ2) is 5.57. The van der Waals surface area contributed by atoms with E-state index in [0.717, 1.165) is 21.4 Å². The monoisotopic (exact) mass is 327 g/mol. The molecule has 0 unspecified atom stereocenters. The van der Waals surface area contributed by atoms with Gasteiger partial charge in [0.05, 0.1) is 17.7 Å². The third kappa shape index (κ3) is 3.24. The van der Waals surface area contributed by atoms with Gasteiger partial charge in [0, 0.05) is 21.1 Å². The lowest BCUT2D eigenvalue weighted by molar-refractivity contribution is 1.07. The zero-order valence-corrected chi connectivity index (χ0v) is 12.0. The van der Waals surface area contributed by atoms with Gasteiger partial charge in [-0.3, -0.25) is 0 Å². The number of halogens is 1. The quantitative estimate of drug-likeness (QED) is 0.847. The highest BCUT2D eigenvalue weighted by Crippen LogP contribution is 2.21. The average molecular weight is 328 g/mol. The molecule has 0 aliphatic heterocycles. The van der Waals surface area contributed by atoms with Gasteiger partial charge in [-0.2, -0.15) is 0 Å². The van der Waals surface area contributed by atoms with Crippen LogP contribution in [0.5, 0.6) is 0 Å². The highest BCUT2D eigenvalue weighted by Gasteiger charge is 2.06. The number of hydrogen-bond acceptors (Lipinski definition) is 4. The topological polar surface area (TPSA) is 50.9 Å². The molecule has 0 atom stereocenters. The first kappa shape index (κ1) is 12.5. The summed E-state index contributed by atoms with van der Waals surface area (Å²) >= 11 is 10.0. The van der Waals surface area contributed by atoms with Gasteiger partial charge in [-0.1, -0.05) is 28.1 Å². The summed E-state index contributed by atoms with van der Waals surface area (Å²) in [6.07, 6.45) is 0. The van der Waals surface area contributed by atoms with Crippen molar-refractivity contribution < 1.29 is 0 Å². The van der Waals surface area contributed by atoms with Gasteiger partial charge in [0.1, 0.15) is 4.99 Å². The van der Waals surface area contributed by atoms with E-state index in [1.807, 2.05) is 29.1 Å². The molecule has 0 fully saturated rings. The first-order chi connectivity index (χ1) is 8.16. The highest BCUT2D eigenvalue weighted by atomic mass is 79.9. The second-order valence-corrected chi connectivity index (χ2v) is 5.46. The molecule has 0 saturated heterocycles. The largest absolute Gasteiger partial charge is 0.389 e. The van der Waals surface area contributed by atoms with Gasteiger partial charge in [-0.05, 0) is 18.2 Å². The number of rotatable bonds is 4. The fourth-order valence-corrected chi connectivity index (χ4v) is 2.47. The first-order valence-electron chi connectivity index (χ1n) is 4.87. The van der Waals surface area contributed by atoms with Crippen molar-refractivity contribution in [1.82, 2.24) is 4.98 Å². The Hall–Kier alpha value is -0.980. The molecule has 0 spiro atoms. The van der Waals surface area contributed by atoms with Crippen molar-refractivity contribution in [3.63, 3.8) is 0 Å². The van der Waals surface area contributed by atoms with E-state index >= 15 is 0 Å². The molecule has 1 heterocycles. The standard InChI is InChI=1S/C11H10BrN3S2/c12-7-1-2-10(9(3-7)11(13)16)14-4-8-5-17-6-15-8/h1-3,5-6,14H,4H2,(H2,13,16). The predicted molar refractivity (Wildman–Crippen MR) is 79.5 cm³/mol. The van der Waals surface area contributed by atoms with Crippen molar-refractivity contribution in [2.24, 2.45) is 5.73 Å². The van der Waals surface area contributed by atoms with Crippen LogP contribution in [-0.2, 0) is 6.54 Å². The Morgan fingerprint density at radius 2 is 2.35 bits per heavy atom. The van der Waals surface area contributed by atoms with E-state index < -0.39 is 0 Å². The minimum Gasteiger partial charge on any atom is -0.389 e. The fraction of sp³-hybridized carbons (Fsp3) is 0.0909. The van der Waals surface area contributed by atoms with Gasteiger partial charge < -0.3 is 11.1 Å². The molecule has 2 aromatic rings. The lowest BCUT2D eigenvalue weighted by atomic mass is 10.2. The number of benzene rings is 1. The summed E-state index contributed by atoms with van der Waals surface area (Å²) in [6.45, 7) is 0.667. The zero-order valence-electron chi connectivity index (χ0n) is 8.81. The summed E-state index contributed by atoms with van der Waals surface area (Å²) < 4.78 is 0.958. The Morgan fingerprint density at radius 3 is 3.00 bits per heavy atom. The minimum atomic E-state index is 0.382. The number of thiazole rings is 1. The zero-order chi connectivity index (χ0) is 12.3. The summed E-state index contributed by atoms with van der Waals surface area (Å²) in [4.78, 5) is 4.59. The Morgan fingerprint density at radius 1 is 1.53 bits per heavy atom. The molecule has 88 valence electrons. The minimum absolute atomic E-state index is 0.382. The molecular formula is C11H10BrN3S2.